The number of hydrogen-bond acceptors (Lipinski definition) is 3. The fourth-order valence-electron chi connectivity index (χ4n) is 2.11. The highest BCUT2D eigenvalue weighted by Gasteiger charge is 2.22. The van der Waals surface area contributed by atoms with Gasteiger partial charge >= 0.3 is 0 Å². The number of morpholine rings is 1. The Bertz CT molecular complexity index is 340. The fraction of sp³-hybridized carbons (Fsp3) is 0.538. The molecule has 0 bridgehead atoms. The summed E-state index contributed by atoms with van der Waals surface area (Å²) in [7, 11) is 1.72. The SMILES string of the molecule is COCc1ccccc1C1CNCC(C)O1. The molecule has 2 unspecified atom stereocenters. The molecule has 0 radical (unpaired) electrons. The molecule has 0 aliphatic carbocycles. The van der Waals surface area contributed by atoms with Crippen molar-refractivity contribution in [1.82, 2.24) is 5.32 Å². The largest absolute Gasteiger partial charge is 0.380 e. The molecule has 1 saturated heterocycles. The molecule has 0 aromatic heterocycles. The lowest BCUT2D eigenvalue weighted by Crippen LogP contribution is -2.39. The van der Waals surface area contributed by atoms with Crippen molar-refractivity contribution in [3.8, 4) is 0 Å². The van der Waals surface area contributed by atoms with Gasteiger partial charge in [0.2, 0.25) is 0 Å². The number of nitrogens with one attached hydrogen (secondary N) is 1. The van der Waals surface area contributed by atoms with Crippen molar-refractivity contribution in [2.75, 3.05) is 20.2 Å². The van der Waals surface area contributed by atoms with Gasteiger partial charge in [0.1, 0.15) is 0 Å². The zero-order chi connectivity index (χ0) is 11.4. The smallest absolute Gasteiger partial charge is 0.0957 e. The van der Waals surface area contributed by atoms with E-state index in [1.807, 2.05) is 6.07 Å². The topological polar surface area (TPSA) is 30.5 Å². The van der Waals surface area contributed by atoms with E-state index in [0.717, 1.165) is 13.1 Å². The van der Waals surface area contributed by atoms with Gasteiger partial charge in [0.15, 0.2) is 0 Å². The fourth-order valence-corrected chi connectivity index (χ4v) is 2.11. The van der Waals surface area contributed by atoms with Crippen LogP contribution in [0.4, 0.5) is 0 Å². The van der Waals surface area contributed by atoms with E-state index < -0.39 is 0 Å². The second-order valence-electron chi connectivity index (χ2n) is 4.23. The van der Waals surface area contributed by atoms with Crippen LogP contribution in [-0.2, 0) is 16.1 Å². The first-order valence-electron chi connectivity index (χ1n) is 5.74. The van der Waals surface area contributed by atoms with E-state index in [4.69, 9.17) is 9.47 Å². The van der Waals surface area contributed by atoms with E-state index in [1.54, 1.807) is 7.11 Å². The monoisotopic (exact) mass is 221 g/mol. The molecule has 3 heteroatoms. The van der Waals surface area contributed by atoms with Gasteiger partial charge in [0.25, 0.3) is 0 Å². The molecular weight excluding hydrogens is 202 g/mol. The van der Waals surface area contributed by atoms with Gasteiger partial charge in [-0.15, -0.1) is 0 Å². The molecule has 1 heterocycles. The molecule has 3 nitrogen and oxygen atoms in total. The average molecular weight is 221 g/mol. The van der Waals surface area contributed by atoms with Crippen molar-refractivity contribution in [2.45, 2.75) is 25.7 Å². The van der Waals surface area contributed by atoms with Crippen LogP contribution in [0.5, 0.6) is 0 Å². The summed E-state index contributed by atoms with van der Waals surface area (Å²) in [6.45, 7) is 4.55. The molecule has 1 N–H and O–H groups in total. The maximum atomic E-state index is 5.94. The summed E-state index contributed by atoms with van der Waals surface area (Å²) >= 11 is 0. The van der Waals surface area contributed by atoms with E-state index in [9.17, 15) is 0 Å². The maximum Gasteiger partial charge on any atom is 0.0957 e. The minimum absolute atomic E-state index is 0.148. The van der Waals surface area contributed by atoms with Gasteiger partial charge in [0, 0.05) is 20.2 Å². The summed E-state index contributed by atoms with van der Waals surface area (Å²) in [5.41, 5.74) is 2.45. The predicted molar refractivity (Wildman–Crippen MR) is 63.3 cm³/mol. The summed E-state index contributed by atoms with van der Waals surface area (Å²) in [4.78, 5) is 0. The molecule has 0 amide bonds. The molecule has 0 spiro atoms. The summed E-state index contributed by atoms with van der Waals surface area (Å²) in [5, 5.41) is 3.39. The molecule has 1 aliphatic heterocycles. The summed E-state index contributed by atoms with van der Waals surface area (Å²) in [6, 6.07) is 8.31. The first kappa shape index (κ1) is 11.6. The van der Waals surface area contributed by atoms with Gasteiger partial charge < -0.3 is 14.8 Å². The minimum atomic E-state index is 0.148. The second-order valence-corrected chi connectivity index (χ2v) is 4.23. The first-order valence-corrected chi connectivity index (χ1v) is 5.74. The highest BCUT2D eigenvalue weighted by Crippen LogP contribution is 2.24. The normalized spacial score (nSPS) is 25.6. The van der Waals surface area contributed by atoms with Gasteiger partial charge in [-0.1, -0.05) is 24.3 Å². The Hall–Kier alpha value is -0.900. The highest BCUT2D eigenvalue weighted by atomic mass is 16.5. The average Bonchev–Trinajstić information content (AvgIpc) is 2.30. The van der Waals surface area contributed by atoms with Gasteiger partial charge in [-0.3, -0.25) is 0 Å². The van der Waals surface area contributed by atoms with E-state index in [-0.39, 0.29) is 12.2 Å². The van der Waals surface area contributed by atoms with Crippen LogP contribution in [0.3, 0.4) is 0 Å². The quantitative estimate of drug-likeness (QED) is 0.845. The summed E-state index contributed by atoms with van der Waals surface area (Å²) in [6.07, 6.45) is 0.421. The molecule has 2 rings (SSSR count). The molecule has 1 aromatic rings. The van der Waals surface area contributed by atoms with Crippen molar-refractivity contribution in [2.24, 2.45) is 0 Å². The third kappa shape index (κ3) is 2.61. The molecule has 1 aliphatic rings. The first-order chi connectivity index (χ1) is 7.81. The van der Waals surface area contributed by atoms with Crippen molar-refractivity contribution in [3.63, 3.8) is 0 Å². The van der Waals surface area contributed by atoms with Crippen LogP contribution in [0.2, 0.25) is 0 Å². The van der Waals surface area contributed by atoms with Gasteiger partial charge in [-0.25, -0.2) is 0 Å². The number of hydrogen-bond donors (Lipinski definition) is 1. The van der Waals surface area contributed by atoms with Crippen LogP contribution in [0.25, 0.3) is 0 Å². The summed E-state index contributed by atoms with van der Waals surface area (Å²) in [5.74, 6) is 0. The van der Waals surface area contributed by atoms with Crippen LogP contribution in [0, 0.1) is 0 Å². The Morgan fingerprint density at radius 2 is 2.19 bits per heavy atom. The lowest BCUT2D eigenvalue weighted by atomic mass is 10.0. The van der Waals surface area contributed by atoms with Crippen molar-refractivity contribution in [1.29, 1.82) is 0 Å². The van der Waals surface area contributed by atoms with Gasteiger partial charge in [0.05, 0.1) is 18.8 Å². The molecule has 1 fully saturated rings. The van der Waals surface area contributed by atoms with Crippen molar-refractivity contribution < 1.29 is 9.47 Å². The Balaban J connectivity index is 2.17. The van der Waals surface area contributed by atoms with Crippen LogP contribution in [0.15, 0.2) is 24.3 Å². The minimum Gasteiger partial charge on any atom is -0.380 e. The Morgan fingerprint density at radius 3 is 2.94 bits per heavy atom. The number of benzene rings is 1. The molecule has 2 atom stereocenters. The lowest BCUT2D eigenvalue weighted by molar-refractivity contribution is -0.0297. The predicted octanol–water partition coefficient (Wildman–Crippen LogP) is 1.88. The van der Waals surface area contributed by atoms with E-state index in [2.05, 4.69) is 30.4 Å². The van der Waals surface area contributed by atoms with Crippen molar-refractivity contribution >= 4 is 0 Å². The molecule has 0 saturated carbocycles. The third-order valence-electron chi connectivity index (χ3n) is 2.86. The maximum absolute atomic E-state index is 5.94. The molecule has 1 aromatic carbocycles. The number of ether oxygens (including phenoxy) is 2. The van der Waals surface area contributed by atoms with Crippen LogP contribution >= 0.6 is 0 Å². The van der Waals surface area contributed by atoms with Crippen LogP contribution in [0.1, 0.15) is 24.2 Å². The lowest BCUT2D eigenvalue weighted by Gasteiger charge is -2.30. The van der Waals surface area contributed by atoms with Gasteiger partial charge in [-0.05, 0) is 18.1 Å². The molecular formula is C13H19NO2. The summed E-state index contributed by atoms with van der Waals surface area (Å²) < 4.78 is 11.2. The van der Waals surface area contributed by atoms with Crippen LogP contribution in [-0.4, -0.2) is 26.3 Å². The molecule has 88 valence electrons. The zero-order valence-corrected chi connectivity index (χ0v) is 9.90. The molecule has 16 heavy (non-hydrogen) atoms. The number of methoxy groups -OCH3 is 1. The van der Waals surface area contributed by atoms with Crippen LogP contribution < -0.4 is 5.32 Å². The van der Waals surface area contributed by atoms with E-state index >= 15 is 0 Å². The van der Waals surface area contributed by atoms with E-state index in [1.165, 1.54) is 11.1 Å². The van der Waals surface area contributed by atoms with Crippen molar-refractivity contribution in [3.05, 3.63) is 35.4 Å². The third-order valence-corrected chi connectivity index (χ3v) is 2.86. The zero-order valence-electron chi connectivity index (χ0n) is 9.90. The van der Waals surface area contributed by atoms with E-state index in [0.29, 0.717) is 6.61 Å². The standard InChI is InChI=1S/C13H19NO2/c1-10-7-14-8-13(16-10)12-6-4-3-5-11(12)9-15-2/h3-6,10,13-14H,7-9H2,1-2H3. The number of rotatable bonds is 3. The van der Waals surface area contributed by atoms with Gasteiger partial charge in [-0.2, -0.15) is 0 Å². The highest BCUT2D eigenvalue weighted by molar-refractivity contribution is 5.29. The Labute approximate surface area is 96.8 Å². The Morgan fingerprint density at radius 1 is 1.38 bits per heavy atom. The Kier molecular flexibility index (Phi) is 3.93. The second kappa shape index (κ2) is 5.43.